The zero-order valence-corrected chi connectivity index (χ0v) is 16.9. The highest BCUT2D eigenvalue weighted by Gasteiger charge is 2.25. The van der Waals surface area contributed by atoms with Crippen LogP contribution in [0.15, 0.2) is 35.4 Å². The number of nitrogens with one attached hydrogen (secondary N) is 2. The first-order chi connectivity index (χ1) is 12.9. The summed E-state index contributed by atoms with van der Waals surface area (Å²) in [4.78, 5) is 29.6. The third-order valence-corrected chi connectivity index (χ3v) is 5.56. The average molecular weight is 386 g/mol. The highest BCUT2D eigenvalue weighted by Crippen LogP contribution is 2.28. The number of fused-ring (bicyclic) bond motifs is 1. The zero-order chi connectivity index (χ0) is 19.4. The molecular weight excluding hydrogens is 358 g/mol. The van der Waals surface area contributed by atoms with E-state index in [0.717, 1.165) is 30.2 Å². The first kappa shape index (κ1) is 19.7. The molecule has 1 aromatic carbocycles. The van der Waals surface area contributed by atoms with Gasteiger partial charge in [0, 0.05) is 18.0 Å². The van der Waals surface area contributed by atoms with E-state index in [-0.39, 0.29) is 17.1 Å². The van der Waals surface area contributed by atoms with Crippen LogP contribution in [0.25, 0.3) is 10.9 Å². The number of nitrogens with zero attached hydrogens (tertiary/aromatic N) is 1. The maximum absolute atomic E-state index is 12.7. The molecule has 0 bridgehead atoms. The lowest BCUT2D eigenvalue weighted by molar-refractivity contribution is -0.120. The second kappa shape index (κ2) is 8.74. The molecule has 6 heteroatoms. The van der Waals surface area contributed by atoms with Crippen LogP contribution < -0.4 is 10.6 Å². The van der Waals surface area contributed by atoms with Crippen molar-refractivity contribution in [2.45, 2.75) is 56.4 Å². The molecule has 0 spiro atoms. The van der Waals surface area contributed by atoms with Crippen LogP contribution in [0.5, 0.6) is 0 Å². The van der Waals surface area contributed by atoms with Gasteiger partial charge < -0.3 is 10.6 Å². The van der Waals surface area contributed by atoms with E-state index in [9.17, 15) is 9.59 Å². The van der Waals surface area contributed by atoms with Gasteiger partial charge in [0.1, 0.15) is 0 Å². The average Bonchev–Trinajstić information content (AvgIpc) is 3.44. The van der Waals surface area contributed by atoms with Gasteiger partial charge in [-0.15, -0.1) is 0 Å². The van der Waals surface area contributed by atoms with Crippen molar-refractivity contribution in [3.63, 3.8) is 0 Å². The molecule has 5 nitrogen and oxygen atoms in total. The topological polar surface area (TPSA) is 71.1 Å². The first-order valence-electron chi connectivity index (χ1n) is 9.59. The number of hydrogen-bond donors (Lipinski definition) is 2. The van der Waals surface area contributed by atoms with E-state index in [2.05, 4.69) is 29.5 Å². The van der Waals surface area contributed by atoms with Gasteiger partial charge in [-0.05, 0) is 44.2 Å². The van der Waals surface area contributed by atoms with Crippen molar-refractivity contribution in [2.24, 2.45) is 5.92 Å². The Morgan fingerprint density at radius 3 is 2.67 bits per heavy atom. The molecule has 3 rings (SSSR count). The van der Waals surface area contributed by atoms with Crippen LogP contribution in [0.3, 0.4) is 0 Å². The number of carbonyl (C=O) groups is 2. The summed E-state index contributed by atoms with van der Waals surface area (Å²) in [6.07, 6.45) is 3.05. The van der Waals surface area contributed by atoms with Crippen molar-refractivity contribution in [2.75, 3.05) is 6.54 Å². The van der Waals surface area contributed by atoms with Crippen LogP contribution in [0.2, 0.25) is 0 Å². The quantitative estimate of drug-likeness (QED) is 0.679. The lowest BCUT2D eigenvalue weighted by Crippen LogP contribution is -2.32. The molecule has 0 saturated heterocycles. The third kappa shape index (κ3) is 5.45. The van der Waals surface area contributed by atoms with Crippen molar-refractivity contribution < 1.29 is 9.59 Å². The van der Waals surface area contributed by atoms with Gasteiger partial charge >= 0.3 is 0 Å². The van der Waals surface area contributed by atoms with E-state index in [0.29, 0.717) is 29.1 Å². The Morgan fingerprint density at radius 2 is 1.96 bits per heavy atom. The Bertz CT molecular complexity index is 833. The monoisotopic (exact) mass is 385 g/mol. The summed E-state index contributed by atoms with van der Waals surface area (Å²) in [6, 6.07) is 9.75. The molecule has 0 aliphatic heterocycles. The normalized spacial score (nSPS) is 15.0. The molecule has 1 aliphatic carbocycles. The summed E-state index contributed by atoms with van der Waals surface area (Å²) < 4.78 is 0. The minimum absolute atomic E-state index is 0.000379. The number of benzene rings is 1. The van der Waals surface area contributed by atoms with Crippen molar-refractivity contribution >= 4 is 34.5 Å². The second-order valence-electron chi connectivity index (χ2n) is 7.51. The highest BCUT2D eigenvalue weighted by molar-refractivity contribution is 8.00. The minimum atomic E-state index is -0.273. The van der Waals surface area contributed by atoms with Gasteiger partial charge in [-0.25, -0.2) is 4.98 Å². The van der Waals surface area contributed by atoms with Crippen LogP contribution in [-0.2, 0) is 4.79 Å². The molecular formula is C21H27N3O2S. The number of aromatic nitrogens is 1. The molecule has 1 saturated carbocycles. The van der Waals surface area contributed by atoms with Crippen molar-refractivity contribution in [1.29, 1.82) is 0 Å². The van der Waals surface area contributed by atoms with Crippen LogP contribution in [0, 0.1) is 5.92 Å². The Hall–Kier alpha value is -2.08. The van der Waals surface area contributed by atoms with Gasteiger partial charge in [0.05, 0.1) is 21.4 Å². The lowest BCUT2D eigenvalue weighted by atomic mass is 10.1. The van der Waals surface area contributed by atoms with Crippen molar-refractivity contribution in [3.05, 3.63) is 35.9 Å². The molecule has 2 N–H and O–H groups in total. The Balaban J connectivity index is 1.75. The fourth-order valence-corrected chi connectivity index (χ4v) is 3.64. The van der Waals surface area contributed by atoms with E-state index in [1.165, 1.54) is 11.8 Å². The van der Waals surface area contributed by atoms with Gasteiger partial charge in [0.15, 0.2) is 0 Å². The highest BCUT2D eigenvalue weighted by atomic mass is 32.2. The summed E-state index contributed by atoms with van der Waals surface area (Å²) in [6.45, 7) is 6.83. The molecule has 1 fully saturated rings. The third-order valence-electron chi connectivity index (χ3n) is 4.54. The van der Waals surface area contributed by atoms with Crippen LogP contribution in [0.4, 0.5) is 0 Å². The van der Waals surface area contributed by atoms with E-state index in [1.54, 1.807) is 0 Å². The number of thioether (sulfide) groups is 1. The standard InChI is InChI=1S/C21H27N3O2S/c1-13(2)10-11-22-20(25)14(3)27-19-12-17(21(26)23-15-8-9-15)16-6-4-5-7-18(16)24-19/h4-7,12-15H,8-11H2,1-3H3,(H,22,25)(H,23,26). The zero-order valence-electron chi connectivity index (χ0n) is 16.1. The molecule has 1 aliphatic rings. The summed E-state index contributed by atoms with van der Waals surface area (Å²) in [5, 5.41) is 7.29. The molecule has 2 amide bonds. The molecule has 0 radical (unpaired) electrons. The van der Waals surface area contributed by atoms with E-state index >= 15 is 0 Å². The minimum Gasteiger partial charge on any atom is -0.355 e. The summed E-state index contributed by atoms with van der Waals surface area (Å²) in [5.74, 6) is 0.495. The van der Waals surface area contributed by atoms with Crippen LogP contribution >= 0.6 is 11.8 Å². The number of carbonyl (C=O) groups excluding carboxylic acids is 2. The van der Waals surface area contributed by atoms with Gasteiger partial charge in [-0.2, -0.15) is 0 Å². The number of para-hydroxylation sites is 1. The number of rotatable bonds is 8. The second-order valence-corrected chi connectivity index (χ2v) is 8.87. The maximum atomic E-state index is 12.7. The van der Waals surface area contributed by atoms with E-state index in [4.69, 9.17) is 0 Å². The summed E-state index contributed by atoms with van der Waals surface area (Å²) in [5.41, 5.74) is 1.40. The van der Waals surface area contributed by atoms with Gasteiger partial charge in [-0.1, -0.05) is 43.8 Å². The molecule has 1 unspecified atom stereocenters. The van der Waals surface area contributed by atoms with Crippen LogP contribution in [-0.4, -0.2) is 34.6 Å². The maximum Gasteiger partial charge on any atom is 0.252 e. The predicted octanol–water partition coefficient (Wildman–Crippen LogP) is 3.77. The van der Waals surface area contributed by atoms with Crippen molar-refractivity contribution in [1.82, 2.24) is 15.6 Å². The molecule has 1 atom stereocenters. The Kier molecular flexibility index (Phi) is 6.37. The lowest BCUT2D eigenvalue weighted by Gasteiger charge is -2.14. The van der Waals surface area contributed by atoms with Gasteiger partial charge in [-0.3, -0.25) is 9.59 Å². The summed E-state index contributed by atoms with van der Waals surface area (Å²) in [7, 11) is 0. The number of amides is 2. The van der Waals surface area contributed by atoms with Gasteiger partial charge in [0.25, 0.3) is 5.91 Å². The predicted molar refractivity (Wildman–Crippen MR) is 110 cm³/mol. The fourth-order valence-electron chi connectivity index (χ4n) is 2.75. The molecule has 1 heterocycles. The van der Waals surface area contributed by atoms with Crippen molar-refractivity contribution in [3.8, 4) is 0 Å². The van der Waals surface area contributed by atoms with Crippen LogP contribution in [0.1, 0.15) is 50.4 Å². The number of pyridine rings is 1. The van der Waals surface area contributed by atoms with E-state index in [1.807, 2.05) is 37.3 Å². The first-order valence-corrected chi connectivity index (χ1v) is 10.5. The molecule has 1 aromatic heterocycles. The van der Waals surface area contributed by atoms with Gasteiger partial charge in [0.2, 0.25) is 5.91 Å². The molecule has 27 heavy (non-hydrogen) atoms. The largest absolute Gasteiger partial charge is 0.355 e. The smallest absolute Gasteiger partial charge is 0.252 e. The SMILES string of the molecule is CC(C)CCNC(=O)C(C)Sc1cc(C(=O)NC2CC2)c2ccccc2n1. The molecule has 144 valence electrons. The Labute approximate surface area is 164 Å². The fraction of sp³-hybridized carbons (Fsp3) is 0.476. The van der Waals surface area contributed by atoms with E-state index < -0.39 is 0 Å². The number of hydrogen-bond acceptors (Lipinski definition) is 4. The summed E-state index contributed by atoms with van der Waals surface area (Å²) >= 11 is 1.39. The molecule has 2 aromatic rings. The Morgan fingerprint density at radius 1 is 1.22 bits per heavy atom.